The Morgan fingerprint density at radius 1 is 1.20 bits per heavy atom. The number of amides is 1. The van der Waals surface area contributed by atoms with Gasteiger partial charge in [-0.15, -0.1) is 0 Å². The predicted octanol–water partition coefficient (Wildman–Crippen LogP) is 3.21. The number of aromatic nitrogens is 2. The van der Waals surface area contributed by atoms with Gasteiger partial charge in [0.25, 0.3) is 5.91 Å². The maximum Gasteiger partial charge on any atom is 0.306 e. The second-order valence-electron chi connectivity index (χ2n) is 6.41. The summed E-state index contributed by atoms with van der Waals surface area (Å²) in [6.45, 7) is 1.79. The molecule has 25 heavy (non-hydrogen) atoms. The van der Waals surface area contributed by atoms with Gasteiger partial charge < -0.3 is 10.4 Å². The topological polar surface area (TPSA) is 84.2 Å². The molecule has 3 rings (SSSR count). The van der Waals surface area contributed by atoms with Crippen molar-refractivity contribution in [1.29, 1.82) is 0 Å². The van der Waals surface area contributed by atoms with Crippen LogP contribution in [-0.2, 0) is 4.79 Å². The van der Waals surface area contributed by atoms with Gasteiger partial charge in [0, 0.05) is 17.3 Å². The molecule has 2 aromatic rings. The molecule has 0 radical (unpaired) electrons. The van der Waals surface area contributed by atoms with Crippen LogP contribution in [0.25, 0.3) is 5.69 Å². The van der Waals surface area contributed by atoms with Crippen LogP contribution in [0.2, 0.25) is 5.02 Å². The minimum absolute atomic E-state index is 0.0152. The van der Waals surface area contributed by atoms with Crippen molar-refractivity contribution in [2.75, 3.05) is 0 Å². The highest BCUT2D eigenvalue weighted by Crippen LogP contribution is 2.25. The predicted molar refractivity (Wildman–Crippen MR) is 94.2 cm³/mol. The number of aryl methyl sites for hydroxylation is 1. The number of nitrogens with one attached hydrogen (secondary N) is 1. The minimum atomic E-state index is -0.745. The maximum atomic E-state index is 12.5. The van der Waals surface area contributed by atoms with E-state index in [-0.39, 0.29) is 17.9 Å². The number of hydrogen-bond acceptors (Lipinski definition) is 3. The summed E-state index contributed by atoms with van der Waals surface area (Å²) < 4.78 is 1.65. The van der Waals surface area contributed by atoms with Crippen molar-refractivity contribution in [3.63, 3.8) is 0 Å². The normalized spacial score (nSPS) is 20.2. The van der Waals surface area contributed by atoms with Crippen LogP contribution in [0.1, 0.15) is 41.7 Å². The molecule has 1 aromatic carbocycles. The van der Waals surface area contributed by atoms with Gasteiger partial charge in [-0.2, -0.15) is 5.10 Å². The van der Waals surface area contributed by atoms with Crippen molar-refractivity contribution >= 4 is 23.5 Å². The zero-order chi connectivity index (χ0) is 18.0. The van der Waals surface area contributed by atoms with Crippen molar-refractivity contribution < 1.29 is 14.7 Å². The fraction of sp³-hybridized carbons (Fsp3) is 0.389. The first kappa shape index (κ1) is 17.5. The number of carboxylic acids is 1. The lowest BCUT2D eigenvalue weighted by Crippen LogP contribution is -2.38. The average Bonchev–Trinajstić information content (AvgIpc) is 2.98. The Kier molecular flexibility index (Phi) is 5.08. The zero-order valence-corrected chi connectivity index (χ0v) is 14.7. The number of carbonyl (C=O) groups excluding carboxylic acids is 1. The third kappa shape index (κ3) is 4.02. The highest BCUT2D eigenvalue weighted by molar-refractivity contribution is 6.30. The fourth-order valence-corrected chi connectivity index (χ4v) is 3.28. The monoisotopic (exact) mass is 361 g/mol. The van der Waals surface area contributed by atoms with Gasteiger partial charge in [-0.05, 0) is 56.9 Å². The molecule has 6 nitrogen and oxygen atoms in total. The number of carbonyl (C=O) groups is 2. The number of hydrogen-bond donors (Lipinski definition) is 2. The molecule has 1 aliphatic rings. The molecule has 0 unspecified atom stereocenters. The third-order valence-electron chi connectivity index (χ3n) is 4.65. The highest BCUT2D eigenvalue weighted by Gasteiger charge is 2.27. The average molecular weight is 362 g/mol. The summed E-state index contributed by atoms with van der Waals surface area (Å²) in [5.74, 6) is -1.20. The van der Waals surface area contributed by atoms with Crippen molar-refractivity contribution in [1.82, 2.24) is 15.1 Å². The lowest BCUT2D eigenvalue weighted by atomic mass is 9.86. The molecule has 1 aromatic heterocycles. The molecule has 0 aliphatic heterocycles. The van der Waals surface area contributed by atoms with Gasteiger partial charge in [-0.25, -0.2) is 4.68 Å². The van der Waals surface area contributed by atoms with Gasteiger partial charge in [-0.3, -0.25) is 9.59 Å². The van der Waals surface area contributed by atoms with E-state index in [9.17, 15) is 9.59 Å². The molecule has 0 bridgehead atoms. The standard InChI is InChI=1S/C18H20ClN3O3/c1-11-16(10-22(21-11)15-8-4-13(19)5-9-15)17(23)20-14-6-2-12(3-7-14)18(24)25/h4-5,8-10,12,14H,2-3,6-7H2,1H3,(H,20,23)(H,24,25). The summed E-state index contributed by atoms with van der Waals surface area (Å²) in [6, 6.07) is 7.23. The Balaban J connectivity index is 1.67. The number of rotatable bonds is 4. The minimum Gasteiger partial charge on any atom is -0.481 e. The van der Waals surface area contributed by atoms with Crippen LogP contribution in [0.15, 0.2) is 30.5 Å². The summed E-state index contributed by atoms with van der Waals surface area (Å²) in [7, 11) is 0. The first-order valence-electron chi connectivity index (χ1n) is 8.30. The molecule has 1 aliphatic carbocycles. The quantitative estimate of drug-likeness (QED) is 0.875. The van der Waals surface area contributed by atoms with Gasteiger partial charge in [0.1, 0.15) is 0 Å². The number of nitrogens with zero attached hydrogens (tertiary/aromatic N) is 2. The van der Waals surface area contributed by atoms with Crippen molar-refractivity contribution in [2.24, 2.45) is 5.92 Å². The van der Waals surface area contributed by atoms with Crippen LogP contribution in [-0.4, -0.2) is 32.8 Å². The van der Waals surface area contributed by atoms with Crippen LogP contribution >= 0.6 is 11.6 Å². The van der Waals surface area contributed by atoms with Gasteiger partial charge in [0.15, 0.2) is 0 Å². The molecule has 0 spiro atoms. The van der Waals surface area contributed by atoms with Crippen molar-refractivity contribution in [2.45, 2.75) is 38.6 Å². The molecule has 1 amide bonds. The molecular weight excluding hydrogens is 342 g/mol. The first-order valence-corrected chi connectivity index (χ1v) is 8.67. The van der Waals surface area contributed by atoms with E-state index >= 15 is 0 Å². The zero-order valence-electron chi connectivity index (χ0n) is 13.9. The van der Waals surface area contributed by atoms with Crippen LogP contribution in [0.4, 0.5) is 0 Å². The van der Waals surface area contributed by atoms with Gasteiger partial charge in [0.2, 0.25) is 0 Å². The molecule has 0 atom stereocenters. The smallest absolute Gasteiger partial charge is 0.306 e. The van der Waals surface area contributed by atoms with Crippen LogP contribution in [0, 0.1) is 12.8 Å². The van der Waals surface area contributed by atoms with E-state index < -0.39 is 5.97 Å². The largest absolute Gasteiger partial charge is 0.481 e. The Morgan fingerprint density at radius 3 is 2.44 bits per heavy atom. The van der Waals surface area contributed by atoms with Crippen LogP contribution in [0.5, 0.6) is 0 Å². The summed E-state index contributed by atoms with van der Waals surface area (Å²) in [5.41, 5.74) is 2.00. The summed E-state index contributed by atoms with van der Waals surface area (Å²) in [6.07, 6.45) is 4.28. The number of benzene rings is 1. The summed E-state index contributed by atoms with van der Waals surface area (Å²) >= 11 is 5.89. The molecular formula is C18H20ClN3O3. The summed E-state index contributed by atoms with van der Waals surface area (Å²) in [4.78, 5) is 23.5. The molecule has 2 N–H and O–H groups in total. The van der Waals surface area contributed by atoms with E-state index in [2.05, 4.69) is 10.4 Å². The van der Waals surface area contributed by atoms with Gasteiger partial charge >= 0.3 is 5.97 Å². The van der Waals surface area contributed by atoms with E-state index in [1.165, 1.54) is 0 Å². The molecule has 1 fully saturated rings. The second-order valence-corrected chi connectivity index (χ2v) is 6.85. The lowest BCUT2D eigenvalue weighted by molar-refractivity contribution is -0.142. The number of aliphatic carboxylic acids is 1. The Labute approximate surface area is 150 Å². The van der Waals surface area contributed by atoms with Gasteiger partial charge in [0.05, 0.1) is 22.9 Å². The number of carboxylic acid groups (broad SMARTS) is 1. The number of halogens is 1. The molecule has 1 saturated carbocycles. The third-order valence-corrected chi connectivity index (χ3v) is 4.90. The first-order chi connectivity index (χ1) is 11.9. The molecule has 7 heteroatoms. The van der Waals surface area contributed by atoms with Crippen molar-refractivity contribution in [3.8, 4) is 5.69 Å². The van der Waals surface area contributed by atoms with Gasteiger partial charge in [-0.1, -0.05) is 11.6 Å². The molecule has 0 saturated heterocycles. The fourth-order valence-electron chi connectivity index (χ4n) is 3.16. The van der Waals surface area contributed by atoms with E-state index in [1.807, 2.05) is 12.1 Å². The lowest BCUT2D eigenvalue weighted by Gasteiger charge is -2.26. The van der Waals surface area contributed by atoms with E-state index in [1.54, 1.807) is 29.9 Å². The van der Waals surface area contributed by atoms with Crippen LogP contribution < -0.4 is 5.32 Å². The Bertz CT molecular complexity index is 777. The van der Waals surface area contributed by atoms with E-state index in [0.29, 0.717) is 42.0 Å². The maximum absolute atomic E-state index is 12.5. The van der Waals surface area contributed by atoms with E-state index in [4.69, 9.17) is 16.7 Å². The van der Waals surface area contributed by atoms with Crippen LogP contribution in [0.3, 0.4) is 0 Å². The van der Waals surface area contributed by atoms with E-state index in [0.717, 1.165) is 5.69 Å². The SMILES string of the molecule is Cc1nn(-c2ccc(Cl)cc2)cc1C(=O)NC1CCC(C(=O)O)CC1. The summed E-state index contributed by atoms with van der Waals surface area (Å²) in [5, 5.41) is 17.1. The Hall–Kier alpha value is -2.34. The molecule has 1 heterocycles. The van der Waals surface area contributed by atoms with Crippen molar-refractivity contribution in [3.05, 3.63) is 46.7 Å². The second kappa shape index (κ2) is 7.27. The Morgan fingerprint density at radius 2 is 1.84 bits per heavy atom. The highest BCUT2D eigenvalue weighted by atomic mass is 35.5. The molecule has 132 valence electrons.